The van der Waals surface area contributed by atoms with Crippen LogP contribution in [-0.2, 0) is 0 Å². The Morgan fingerprint density at radius 3 is 2.00 bits per heavy atom. The van der Waals surface area contributed by atoms with Crippen LogP contribution in [0.2, 0.25) is 0 Å². The molecule has 0 saturated carbocycles. The molecule has 2 amide bonds. The maximum Gasteiger partial charge on any atom is 0.291 e. The summed E-state index contributed by atoms with van der Waals surface area (Å²) in [5, 5.41) is 6.52. The van der Waals surface area contributed by atoms with E-state index in [1.54, 1.807) is 42.5 Å². The molecule has 7 nitrogen and oxygen atoms in total. The molecule has 0 saturated heterocycles. The molecule has 2 heterocycles. The van der Waals surface area contributed by atoms with Crippen LogP contribution in [0.1, 0.15) is 20.9 Å². The minimum Gasteiger partial charge on any atom is -0.451 e. The molecule has 6 rings (SSSR count). The van der Waals surface area contributed by atoms with Crippen LogP contribution in [0.15, 0.2) is 112 Å². The van der Waals surface area contributed by atoms with Crippen LogP contribution in [0.3, 0.4) is 0 Å². The van der Waals surface area contributed by atoms with E-state index in [4.69, 9.17) is 8.83 Å². The molecule has 7 heteroatoms. The number of benzene rings is 4. The maximum atomic E-state index is 12.7. The van der Waals surface area contributed by atoms with E-state index in [-0.39, 0.29) is 17.6 Å². The largest absolute Gasteiger partial charge is 0.451 e. The van der Waals surface area contributed by atoms with Crippen LogP contribution in [0.25, 0.3) is 33.5 Å². The zero-order valence-corrected chi connectivity index (χ0v) is 18.9. The molecule has 0 aliphatic carbocycles. The molecule has 174 valence electrons. The highest BCUT2D eigenvalue weighted by Gasteiger charge is 2.13. The number of hydrogen-bond acceptors (Lipinski definition) is 5. The van der Waals surface area contributed by atoms with Gasteiger partial charge in [-0.2, -0.15) is 0 Å². The molecule has 6 aromatic rings. The van der Waals surface area contributed by atoms with Crippen LogP contribution in [0, 0.1) is 0 Å². The first-order chi connectivity index (χ1) is 17.6. The summed E-state index contributed by atoms with van der Waals surface area (Å²) in [6.07, 6.45) is 0. The number of carbonyl (C=O) groups is 2. The molecule has 0 fully saturated rings. The smallest absolute Gasteiger partial charge is 0.291 e. The summed E-state index contributed by atoms with van der Waals surface area (Å²) in [5.41, 5.74) is 4.64. The lowest BCUT2D eigenvalue weighted by molar-refractivity contribution is 0.0997. The third-order valence-electron chi connectivity index (χ3n) is 5.74. The topological polar surface area (TPSA) is 97.4 Å². The van der Waals surface area contributed by atoms with Crippen molar-refractivity contribution in [2.75, 3.05) is 10.6 Å². The average molecular weight is 473 g/mol. The molecule has 36 heavy (non-hydrogen) atoms. The number of aromatic nitrogens is 1. The van der Waals surface area contributed by atoms with E-state index in [9.17, 15) is 9.59 Å². The second kappa shape index (κ2) is 8.88. The van der Waals surface area contributed by atoms with Gasteiger partial charge in [0, 0.05) is 27.9 Å². The number of nitrogens with zero attached hydrogens (tertiary/aromatic N) is 1. The van der Waals surface area contributed by atoms with E-state index in [0.717, 1.165) is 22.0 Å². The van der Waals surface area contributed by atoms with E-state index < -0.39 is 0 Å². The first kappa shape index (κ1) is 21.4. The van der Waals surface area contributed by atoms with Gasteiger partial charge in [-0.05, 0) is 72.8 Å². The number of anilines is 2. The number of amides is 2. The molecule has 2 N–H and O–H groups in total. The zero-order chi connectivity index (χ0) is 24.5. The van der Waals surface area contributed by atoms with Gasteiger partial charge in [-0.15, -0.1) is 0 Å². The van der Waals surface area contributed by atoms with Crippen LogP contribution >= 0.6 is 0 Å². The van der Waals surface area contributed by atoms with E-state index >= 15 is 0 Å². The molecule has 0 radical (unpaired) electrons. The molecule has 4 aromatic carbocycles. The summed E-state index contributed by atoms with van der Waals surface area (Å²) in [4.78, 5) is 29.7. The Morgan fingerprint density at radius 1 is 0.639 bits per heavy atom. The van der Waals surface area contributed by atoms with Crippen LogP contribution in [-0.4, -0.2) is 16.8 Å². The van der Waals surface area contributed by atoms with Crippen LogP contribution in [0.4, 0.5) is 11.4 Å². The standard InChI is InChI=1S/C29H19N3O4/c33-27(30-21-15-11-19(12-16-21)29-32-23-6-2-4-8-25(23)36-29)18-9-13-22(14-10-18)31-28(34)26-17-20-5-1-3-7-24(20)35-26/h1-17H,(H,30,33)(H,31,34). The van der Waals surface area contributed by atoms with Crippen molar-refractivity contribution in [2.24, 2.45) is 0 Å². The molecule has 2 aromatic heterocycles. The summed E-state index contributed by atoms with van der Waals surface area (Å²) in [6, 6.07) is 30.6. The quantitative estimate of drug-likeness (QED) is 0.289. The summed E-state index contributed by atoms with van der Waals surface area (Å²) < 4.78 is 11.4. The van der Waals surface area contributed by atoms with Gasteiger partial charge in [-0.1, -0.05) is 30.3 Å². The highest BCUT2D eigenvalue weighted by atomic mass is 16.4. The fourth-order valence-electron chi connectivity index (χ4n) is 3.89. The highest BCUT2D eigenvalue weighted by molar-refractivity contribution is 6.06. The van der Waals surface area contributed by atoms with Crippen molar-refractivity contribution in [2.45, 2.75) is 0 Å². The van der Waals surface area contributed by atoms with Crippen molar-refractivity contribution >= 4 is 45.3 Å². The Morgan fingerprint density at radius 2 is 1.28 bits per heavy atom. The van der Waals surface area contributed by atoms with Gasteiger partial charge in [0.2, 0.25) is 5.89 Å². The molecule has 0 unspecified atom stereocenters. The second-order valence-electron chi connectivity index (χ2n) is 8.20. The van der Waals surface area contributed by atoms with Gasteiger partial charge in [0.1, 0.15) is 11.1 Å². The Labute approximate surface area is 205 Å². The van der Waals surface area contributed by atoms with E-state index in [0.29, 0.717) is 28.4 Å². The maximum absolute atomic E-state index is 12.7. The van der Waals surface area contributed by atoms with Crippen LogP contribution in [0.5, 0.6) is 0 Å². The summed E-state index contributed by atoms with van der Waals surface area (Å²) >= 11 is 0. The Bertz CT molecular complexity index is 1650. The van der Waals surface area contributed by atoms with Gasteiger partial charge < -0.3 is 19.5 Å². The van der Waals surface area contributed by atoms with Crippen molar-refractivity contribution < 1.29 is 18.4 Å². The Hall–Kier alpha value is -5.17. The monoisotopic (exact) mass is 473 g/mol. The molecule has 0 aliphatic heterocycles. The number of furan rings is 1. The molecule has 0 atom stereocenters. The highest BCUT2D eigenvalue weighted by Crippen LogP contribution is 2.25. The molecular formula is C29H19N3O4. The molecule has 0 spiro atoms. The van der Waals surface area contributed by atoms with E-state index in [1.165, 1.54) is 0 Å². The molecule has 0 aliphatic rings. The number of hydrogen-bond donors (Lipinski definition) is 2. The van der Waals surface area contributed by atoms with Gasteiger partial charge >= 0.3 is 0 Å². The predicted molar refractivity (Wildman–Crippen MR) is 138 cm³/mol. The van der Waals surface area contributed by atoms with Gasteiger partial charge in [-0.3, -0.25) is 9.59 Å². The van der Waals surface area contributed by atoms with Gasteiger partial charge in [0.05, 0.1) is 0 Å². The normalized spacial score (nSPS) is 11.0. The summed E-state index contributed by atoms with van der Waals surface area (Å²) in [5.74, 6) is 0.121. The first-order valence-corrected chi connectivity index (χ1v) is 11.3. The van der Waals surface area contributed by atoms with Gasteiger partial charge in [0.15, 0.2) is 11.3 Å². The minimum atomic E-state index is -0.359. The first-order valence-electron chi connectivity index (χ1n) is 11.3. The summed E-state index contributed by atoms with van der Waals surface area (Å²) in [7, 11) is 0. The lowest BCUT2D eigenvalue weighted by atomic mass is 10.1. The Kier molecular flexibility index (Phi) is 5.27. The number of para-hydroxylation sites is 3. The third kappa shape index (κ3) is 4.21. The number of nitrogens with one attached hydrogen (secondary N) is 2. The van der Waals surface area contributed by atoms with Crippen molar-refractivity contribution in [1.82, 2.24) is 4.98 Å². The predicted octanol–water partition coefficient (Wildman–Crippen LogP) is 6.75. The molecular weight excluding hydrogens is 454 g/mol. The van der Waals surface area contributed by atoms with Gasteiger partial charge in [0.25, 0.3) is 11.8 Å². The molecule has 0 bridgehead atoms. The van der Waals surface area contributed by atoms with E-state index in [2.05, 4.69) is 15.6 Å². The lowest BCUT2D eigenvalue weighted by Gasteiger charge is -2.07. The second-order valence-corrected chi connectivity index (χ2v) is 8.20. The number of fused-ring (bicyclic) bond motifs is 2. The average Bonchev–Trinajstić information content (AvgIpc) is 3.54. The third-order valence-corrected chi connectivity index (χ3v) is 5.74. The van der Waals surface area contributed by atoms with Crippen LogP contribution < -0.4 is 10.6 Å². The Balaban J connectivity index is 1.10. The zero-order valence-electron chi connectivity index (χ0n) is 18.9. The fraction of sp³-hybridized carbons (Fsp3) is 0. The number of rotatable bonds is 5. The van der Waals surface area contributed by atoms with E-state index in [1.807, 2.05) is 60.7 Å². The SMILES string of the molecule is O=C(Nc1ccc(-c2nc3ccccc3o2)cc1)c1ccc(NC(=O)c2cc3ccccc3o2)cc1. The number of carbonyl (C=O) groups excluding carboxylic acids is 2. The van der Waals surface area contributed by atoms with Gasteiger partial charge in [-0.25, -0.2) is 4.98 Å². The van der Waals surface area contributed by atoms with Crippen molar-refractivity contribution in [3.63, 3.8) is 0 Å². The lowest BCUT2D eigenvalue weighted by Crippen LogP contribution is -2.13. The van der Waals surface area contributed by atoms with Crippen molar-refractivity contribution in [3.05, 3.63) is 114 Å². The minimum absolute atomic E-state index is 0.222. The van der Waals surface area contributed by atoms with Crippen molar-refractivity contribution in [1.29, 1.82) is 0 Å². The summed E-state index contributed by atoms with van der Waals surface area (Å²) in [6.45, 7) is 0. The fourth-order valence-corrected chi connectivity index (χ4v) is 3.89. The number of oxazole rings is 1. The van der Waals surface area contributed by atoms with Crippen molar-refractivity contribution in [3.8, 4) is 11.5 Å².